The molecule has 1 N–H and O–H groups in total. The fourth-order valence-corrected chi connectivity index (χ4v) is 6.08. The highest BCUT2D eigenvalue weighted by Crippen LogP contribution is 2.45. The molecule has 0 aliphatic carbocycles. The Morgan fingerprint density at radius 1 is 1.06 bits per heavy atom. The molecule has 0 bridgehead atoms. The summed E-state index contributed by atoms with van der Waals surface area (Å²) in [7, 11) is -3.20. The van der Waals surface area contributed by atoms with E-state index in [0.29, 0.717) is 22.7 Å². The van der Waals surface area contributed by atoms with Gasteiger partial charge in [0.15, 0.2) is 9.84 Å². The second kappa shape index (κ2) is 8.60. The lowest BCUT2D eigenvalue weighted by molar-refractivity contribution is 0.0662. The van der Waals surface area contributed by atoms with Crippen LogP contribution in [0.2, 0.25) is 5.02 Å². The summed E-state index contributed by atoms with van der Waals surface area (Å²) in [6.07, 6.45) is 1.19. The maximum Gasteiger partial charge on any atom is 0.254 e. The van der Waals surface area contributed by atoms with Gasteiger partial charge < -0.3 is 9.88 Å². The first kappa shape index (κ1) is 22.7. The van der Waals surface area contributed by atoms with Gasteiger partial charge in [0.1, 0.15) is 0 Å². The molecule has 5 rings (SSSR count). The van der Waals surface area contributed by atoms with E-state index in [1.54, 1.807) is 24.3 Å². The van der Waals surface area contributed by atoms with Gasteiger partial charge in [-0.15, -0.1) is 0 Å². The molecule has 34 heavy (non-hydrogen) atoms. The van der Waals surface area contributed by atoms with Gasteiger partial charge in [-0.05, 0) is 47.9 Å². The molecule has 0 radical (unpaired) electrons. The molecule has 1 aromatic heterocycles. The Hall–Kier alpha value is -3.09. The number of aromatic nitrogens is 1. The van der Waals surface area contributed by atoms with E-state index in [4.69, 9.17) is 11.6 Å². The average Bonchev–Trinajstić information content (AvgIpc) is 3.19. The Labute approximate surface area is 204 Å². The number of fused-ring (bicyclic) bond motifs is 3. The number of carbonyl (C=O) groups is 1. The number of amides is 1. The van der Waals surface area contributed by atoms with Gasteiger partial charge >= 0.3 is 0 Å². The Bertz CT molecular complexity index is 1510. The molecule has 7 heteroatoms. The van der Waals surface area contributed by atoms with E-state index in [9.17, 15) is 13.2 Å². The van der Waals surface area contributed by atoms with E-state index in [-0.39, 0.29) is 23.6 Å². The first-order valence-corrected chi connectivity index (χ1v) is 13.6. The number of benzene rings is 3. The second-order valence-electron chi connectivity index (χ2n) is 8.98. The fourth-order valence-electron chi connectivity index (χ4n) is 5.02. The molecular formula is C27H25ClN2O3S. The third-order valence-electron chi connectivity index (χ3n) is 6.53. The number of nitrogens with one attached hydrogen (secondary N) is 1. The standard InChI is InChI=1S/C27H25ClN2O3S/c1-17-26-25(21-11-4-6-13-24(21)29-26)22(20-10-3-5-12-23(20)28)15-30(17)27(31)19-9-7-8-18(14-19)16-34(2,32)33/h3-14,17,22,29H,15-16H2,1-2H3. The quantitative estimate of drug-likeness (QED) is 0.396. The van der Waals surface area contributed by atoms with Gasteiger partial charge in [-0.25, -0.2) is 8.42 Å². The number of nitrogens with zero attached hydrogens (tertiary/aromatic N) is 1. The number of para-hydroxylation sites is 1. The Morgan fingerprint density at radius 3 is 2.56 bits per heavy atom. The predicted molar refractivity (Wildman–Crippen MR) is 136 cm³/mol. The van der Waals surface area contributed by atoms with Crippen molar-refractivity contribution in [3.63, 3.8) is 0 Å². The van der Waals surface area contributed by atoms with E-state index in [1.807, 2.05) is 54.3 Å². The minimum Gasteiger partial charge on any atom is -0.356 e. The van der Waals surface area contributed by atoms with Gasteiger partial charge in [0.25, 0.3) is 5.91 Å². The molecule has 174 valence electrons. The molecule has 2 unspecified atom stereocenters. The van der Waals surface area contributed by atoms with Crippen LogP contribution in [0.3, 0.4) is 0 Å². The molecule has 0 spiro atoms. The highest BCUT2D eigenvalue weighted by molar-refractivity contribution is 7.89. The Balaban J connectivity index is 1.61. The van der Waals surface area contributed by atoms with E-state index < -0.39 is 9.84 Å². The molecule has 1 aliphatic rings. The molecular weight excluding hydrogens is 468 g/mol. The molecule has 0 saturated carbocycles. The molecule has 4 aromatic rings. The Morgan fingerprint density at radius 2 is 1.79 bits per heavy atom. The third kappa shape index (κ3) is 4.12. The van der Waals surface area contributed by atoms with Crippen LogP contribution >= 0.6 is 11.6 Å². The highest BCUT2D eigenvalue weighted by atomic mass is 35.5. The zero-order valence-electron chi connectivity index (χ0n) is 19.0. The van der Waals surface area contributed by atoms with Gasteiger partial charge in [0.05, 0.1) is 11.8 Å². The molecule has 5 nitrogen and oxygen atoms in total. The van der Waals surface area contributed by atoms with Crippen LogP contribution in [0.1, 0.15) is 51.6 Å². The lowest BCUT2D eigenvalue weighted by Crippen LogP contribution is -2.41. The summed E-state index contributed by atoms with van der Waals surface area (Å²) in [5, 5.41) is 1.80. The largest absolute Gasteiger partial charge is 0.356 e. The molecule has 2 heterocycles. The third-order valence-corrected chi connectivity index (χ3v) is 7.74. The number of hydrogen-bond acceptors (Lipinski definition) is 3. The summed E-state index contributed by atoms with van der Waals surface area (Å²) in [4.78, 5) is 19.1. The maximum absolute atomic E-state index is 13.7. The Kier molecular flexibility index (Phi) is 5.74. The van der Waals surface area contributed by atoms with Crippen molar-refractivity contribution in [2.45, 2.75) is 24.6 Å². The van der Waals surface area contributed by atoms with Crippen LogP contribution in [-0.2, 0) is 15.6 Å². The van der Waals surface area contributed by atoms with Crippen LogP contribution in [-0.4, -0.2) is 37.0 Å². The van der Waals surface area contributed by atoms with Gasteiger partial charge in [-0.2, -0.15) is 0 Å². The normalized spacial score (nSPS) is 18.1. The SMILES string of the molecule is CC1c2[nH]c3ccccc3c2C(c2ccccc2Cl)CN1C(=O)c1cccc(CS(C)(=O)=O)c1. The van der Waals surface area contributed by atoms with E-state index >= 15 is 0 Å². The number of rotatable bonds is 4. The first-order valence-electron chi connectivity index (χ1n) is 11.2. The van der Waals surface area contributed by atoms with Gasteiger partial charge in [0, 0.05) is 45.9 Å². The van der Waals surface area contributed by atoms with Crippen LogP contribution in [0.25, 0.3) is 10.9 Å². The van der Waals surface area contributed by atoms with Crippen molar-refractivity contribution in [1.29, 1.82) is 0 Å². The monoisotopic (exact) mass is 492 g/mol. The fraction of sp³-hybridized carbons (Fsp3) is 0.222. The lowest BCUT2D eigenvalue weighted by Gasteiger charge is -2.39. The zero-order valence-corrected chi connectivity index (χ0v) is 20.5. The number of hydrogen-bond donors (Lipinski definition) is 1. The summed E-state index contributed by atoms with van der Waals surface area (Å²) >= 11 is 6.63. The average molecular weight is 493 g/mol. The minimum absolute atomic E-state index is 0.0980. The van der Waals surface area contributed by atoms with E-state index in [2.05, 4.69) is 11.1 Å². The van der Waals surface area contributed by atoms with Crippen LogP contribution in [0.15, 0.2) is 72.8 Å². The molecule has 1 amide bonds. The van der Waals surface area contributed by atoms with Crippen molar-refractivity contribution in [2.24, 2.45) is 0 Å². The van der Waals surface area contributed by atoms with Crippen molar-refractivity contribution in [3.8, 4) is 0 Å². The minimum atomic E-state index is -3.20. The number of halogens is 1. The van der Waals surface area contributed by atoms with E-state index in [0.717, 1.165) is 22.2 Å². The maximum atomic E-state index is 13.7. The summed E-state index contributed by atoms with van der Waals surface area (Å²) in [5.41, 5.74) is 5.26. The molecule has 0 fully saturated rings. The summed E-state index contributed by atoms with van der Waals surface area (Å²) in [5.74, 6) is -0.332. The van der Waals surface area contributed by atoms with E-state index in [1.165, 1.54) is 11.8 Å². The van der Waals surface area contributed by atoms with Crippen LogP contribution in [0, 0.1) is 0 Å². The number of sulfone groups is 1. The second-order valence-corrected chi connectivity index (χ2v) is 11.5. The van der Waals surface area contributed by atoms with Crippen molar-refractivity contribution in [3.05, 3.63) is 106 Å². The van der Waals surface area contributed by atoms with Crippen LogP contribution in [0.4, 0.5) is 0 Å². The molecule has 0 saturated heterocycles. The molecule has 1 aliphatic heterocycles. The zero-order chi connectivity index (χ0) is 24.0. The van der Waals surface area contributed by atoms with Gasteiger partial charge in [-0.1, -0.05) is 60.1 Å². The highest BCUT2D eigenvalue weighted by Gasteiger charge is 2.37. The summed E-state index contributed by atoms with van der Waals surface area (Å²) < 4.78 is 23.6. The van der Waals surface area contributed by atoms with Gasteiger partial charge in [0.2, 0.25) is 0 Å². The topological polar surface area (TPSA) is 70.2 Å². The van der Waals surface area contributed by atoms with Crippen molar-refractivity contribution in [1.82, 2.24) is 9.88 Å². The summed E-state index contributed by atoms with van der Waals surface area (Å²) in [6.45, 7) is 2.49. The number of H-pyrrole nitrogens is 1. The summed E-state index contributed by atoms with van der Waals surface area (Å²) in [6, 6.07) is 22.7. The van der Waals surface area contributed by atoms with Crippen LogP contribution < -0.4 is 0 Å². The molecule has 2 atom stereocenters. The lowest BCUT2D eigenvalue weighted by atomic mass is 9.83. The van der Waals surface area contributed by atoms with Gasteiger partial charge in [-0.3, -0.25) is 4.79 Å². The van der Waals surface area contributed by atoms with Crippen molar-refractivity contribution >= 4 is 38.2 Å². The van der Waals surface area contributed by atoms with Crippen LogP contribution in [0.5, 0.6) is 0 Å². The molecule has 3 aromatic carbocycles. The van der Waals surface area contributed by atoms with Crippen molar-refractivity contribution < 1.29 is 13.2 Å². The predicted octanol–water partition coefficient (Wildman–Crippen LogP) is 5.71. The number of carbonyl (C=O) groups excluding carboxylic acids is 1. The number of aromatic amines is 1. The van der Waals surface area contributed by atoms with Crippen molar-refractivity contribution in [2.75, 3.05) is 12.8 Å². The first-order chi connectivity index (χ1) is 16.2. The smallest absolute Gasteiger partial charge is 0.254 e.